The summed E-state index contributed by atoms with van der Waals surface area (Å²) in [5.41, 5.74) is 5.33. The maximum atomic E-state index is 9.49. The fourth-order valence-corrected chi connectivity index (χ4v) is 3.28. The Morgan fingerprint density at radius 3 is 2.95 bits per heavy atom. The summed E-state index contributed by atoms with van der Waals surface area (Å²) < 4.78 is 2.16. The third-order valence-electron chi connectivity index (χ3n) is 4.67. The second-order valence-electron chi connectivity index (χ2n) is 6.06. The lowest BCUT2D eigenvalue weighted by Crippen LogP contribution is -2.30. The van der Waals surface area contributed by atoms with E-state index in [4.69, 9.17) is 0 Å². The molecule has 1 saturated heterocycles. The Balaban J connectivity index is 2.01. The first-order valence-corrected chi connectivity index (χ1v) is 7.71. The number of benzene rings is 1. The topological polar surface area (TPSA) is 40.8 Å². The predicted molar refractivity (Wildman–Crippen MR) is 91.3 cm³/mol. The van der Waals surface area contributed by atoms with Crippen molar-refractivity contribution in [2.24, 2.45) is 5.92 Å². The Morgan fingerprint density at radius 2 is 2.32 bits per heavy atom. The Bertz CT molecular complexity index is 779. The first kappa shape index (κ1) is 14.5. The van der Waals surface area contributed by atoms with E-state index >= 15 is 0 Å². The normalized spacial score (nSPS) is 18.0. The molecule has 0 amide bonds. The largest absolute Gasteiger partial charge is 0.388 e. The molecule has 1 N–H and O–H groups in total. The molecule has 0 saturated carbocycles. The van der Waals surface area contributed by atoms with Gasteiger partial charge in [0.25, 0.3) is 0 Å². The van der Waals surface area contributed by atoms with Gasteiger partial charge in [-0.25, -0.2) is 0 Å². The fraction of sp³-hybridized carbons (Fsp3) is 0.316. The highest BCUT2D eigenvalue weighted by Crippen LogP contribution is 2.28. The van der Waals surface area contributed by atoms with Crippen molar-refractivity contribution in [1.29, 1.82) is 5.26 Å². The second kappa shape index (κ2) is 5.73. The summed E-state index contributed by atoms with van der Waals surface area (Å²) in [6.07, 6.45) is 4.01. The van der Waals surface area contributed by atoms with Crippen LogP contribution in [0.3, 0.4) is 0 Å². The molecule has 1 unspecified atom stereocenters. The third kappa shape index (κ3) is 2.42. The van der Waals surface area contributed by atoms with Gasteiger partial charge < -0.3 is 9.88 Å². The molecule has 3 rings (SSSR count). The molecule has 22 heavy (non-hydrogen) atoms. The van der Waals surface area contributed by atoms with E-state index in [1.807, 2.05) is 12.1 Å². The molecule has 2 aromatic rings. The van der Waals surface area contributed by atoms with E-state index in [9.17, 15) is 5.26 Å². The highest BCUT2D eigenvalue weighted by Gasteiger charge is 2.19. The molecule has 1 aromatic carbocycles. The Kier molecular flexibility index (Phi) is 3.77. The van der Waals surface area contributed by atoms with Gasteiger partial charge in [-0.3, -0.25) is 0 Å². The van der Waals surface area contributed by atoms with Crippen LogP contribution in [0.25, 0.3) is 17.0 Å². The Labute approximate surface area is 131 Å². The van der Waals surface area contributed by atoms with Crippen molar-refractivity contribution >= 4 is 17.0 Å². The van der Waals surface area contributed by atoms with Gasteiger partial charge in [0.1, 0.15) is 11.8 Å². The highest BCUT2D eigenvalue weighted by atomic mass is 15.0. The van der Waals surface area contributed by atoms with Crippen LogP contribution in [0, 0.1) is 24.2 Å². The molecule has 3 nitrogen and oxygen atoms in total. The van der Waals surface area contributed by atoms with E-state index in [1.54, 1.807) is 0 Å². The van der Waals surface area contributed by atoms with Gasteiger partial charge in [0.2, 0.25) is 0 Å². The molecule has 3 heteroatoms. The fourth-order valence-electron chi connectivity index (χ4n) is 3.28. The Hall–Kier alpha value is -2.47. The van der Waals surface area contributed by atoms with Crippen molar-refractivity contribution < 1.29 is 0 Å². The maximum absolute atomic E-state index is 9.49. The average molecular weight is 291 g/mol. The predicted octanol–water partition coefficient (Wildman–Crippen LogP) is 3.98. The van der Waals surface area contributed by atoms with E-state index in [-0.39, 0.29) is 0 Å². The molecule has 0 radical (unpaired) electrons. The number of nitriles is 1. The van der Waals surface area contributed by atoms with Gasteiger partial charge in [-0.15, -0.1) is 0 Å². The number of piperidine rings is 1. The summed E-state index contributed by atoms with van der Waals surface area (Å²) in [6, 6.07) is 8.55. The van der Waals surface area contributed by atoms with Crippen molar-refractivity contribution in [2.45, 2.75) is 26.3 Å². The molecule has 1 aromatic heterocycles. The molecule has 0 spiro atoms. The monoisotopic (exact) mass is 291 g/mol. The SMILES string of the molecule is C=Cc1ccc2c(cc(C#N)n2CC2CCC(=C)NC2)c1C. The van der Waals surface area contributed by atoms with Gasteiger partial charge in [-0.2, -0.15) is 5.26 Å². The zero-order valence-corrected chi connectivity index (χ0v) is 13.0. The number of rotatable bonds is 3. The molecule has 1 aliphatic heterocycles. The van der Waals surface area contributed by atoms with Crippen molar-refractivity contribution in [2.75, 3.05) is 6.54 Å². The quantitative estimate of drug-likeness (QED) is 0.929. The van der Waals surface area contributed by atoms with Crippen LogP contribution in [-0.2, 0) is 6.54 Å². The number of allylic oxidation sites excluding steroid dienone is 1. The van der Waals surface area contributed by atoms with Gasteiger partial charge >= 0.3 is 0 Å². The van der Waals surface area contributed by atoms with Crippen LogP contribution in [0.4, 0.5) is 0 Å². The van der Waals surface area contributed by atoms with Gasteiger partial charge in [0, 0.05) is 29.7 Å². The standard InChI is InChI=1S/C19H21N3/c1-4-16-7-8-19-18(14(16)3)9-17(10-20)22(19)12-15-6-5-13(2)21-11-15/h4,7-9,15,21H,1-2,5-6,11-12H2,3H3. The molecule has 112 valence electrons. The van der Waals surface area contributed by atoms with Crippen LogP contribution in [0.15, 0.2) is 37.1 Å². The number of aryl methyl sites for hydroxylation is 1. The first-order chi connectivity index (χ1) is 10.6. The molecule has 2 heterocycles. The van der Waals surface area contributed by atoms with Crippen LogP contribution in [0.2, 0.25) is 0 Å². The van der Waals surface area contributed by atoms with Crippen LogP contribution >= 0.6 is 0 Å². The molecule has 0 bridgehead atoms. The van der Waals surface area contributed by atoms with E-state index in [1.165, 1.54) is 5.56 Å². The minimum atomic E-state index is 0.535. The first-order valence-electron chi connectivity index (χ1n) is 7.71. The number of nitrogens with zero attached hydrogens (tertiary/aromatic N) is 2. The maximum Gasteiger partial charge on any atom is 0.121 e. The number of fused-ring (bicyclic) bond motifs is 1. The lowest BCUT2D eigenvalue weighted by molar-refractivity contribution is 0.370. The molecular weight excluding hydrogens is 270 g/mol. The van der Waals surface area contributed by atoms with Gasteiger partial charge in [0.05, 0.1) is 0 Å². The lowest BCUT2D eigenvalue weighted by atomic mass is 9.97. The van der Waals surface area contributed by atoms with E-state index < -0.39 is 0 Å². The molecular formula is C19H21N3. The van der Waals surface area contributed by atoms with Crippen LogP contribution in [0.1, 0.15) is 29.7 Å². The number of hydrogen-bond donors (Lipinski definition) is 1. The van der Waals surface area contributed by atoms with Crippen molar-refractivity contribution in [3.05, 3.63) is 53.9 Å². The molecule has 1 aliphatic rings. The summed E-state index contributed by atoms with van der Waals surface area (Å²) in [6.45, 7) is 11.7. The van der Waals surface area contributed by atoms with Crippen molar-refractivity contribution in [3.63, 3.8) is 0 Å². The number of hydrogen-bond acceptors (Lipinski definition) is 2. The smallest absolute Gasteiger partial charge is 0.121 e. The zero-order chi connectivity index (χ0) is 15.7. The van der Waals surface area contributed by atoms with Crippen molar-refractivity contribution in [3.8, 4) is 6.07 Å². The highest BCUT2D eigenvalue weighted by molar-refractivity contribution is 5.88. The van der Waals surface area contributed by atoms with Crippen LogP contribution in [0.5, 0.6) is 0 Å². The zero-order valence-electron chi connectivity index (χ0n) is 13.0. The second-order valence-corrected chi connectivity index (χ2v) is 6.06. The summed E-state index contributed by atoms with van der Waals surface area (Å²) in [5, 5.41) is 14.0. The summed E-state index contributed by atoms with van der Waals surface area (Å²) in [7, 11) is 0. The molecule has 1 atom stereocenters. The van der Waals surface area contributed by atoms with E-state index in [0.717, 1.165) is 53.8 Å². The molecule has 0 aliphatic carbocycles. The van der Waals surface area contributed by atoms with Crippen molar-refractivity contribution in [1.82, 2.24) is 9.88 Å². The minimum absolute atomic E-state index is 0.535. The van der Waals surface area contributed by atoms with E-state index in [0.29, 0.717) is 5.92 Å². The Morgan fingerprint density at radius 1 is 1.50 bits per heavy atom. The lowest BCUT2D eigenvalue weighted by Gasteiger charge is -2.26. The minimum Gasteiger partial charge on any atom is -0.388 e. The van der Waals surface area contributed by atoms with E-state index in [2.05, 4.69) is 48.2 Å². The number of aromatic nitrogens is 1. The van der Waals surface area contributed by atoms with Crippen LogP contribution in [-0.4, -0.2) is 11.1 Å². The molecule has 1 fully saturated rings. The summed E-state index contributed by atoms with van der Waals surface area (Å²) in [5.74, 6) is 0.535. The average Bonchev–Trinajstić information content (AvgIpc) is 2.89. The van der Waals surface area contributed by atoms with Gasteiger partial charge in [-0.05, 0) is 48.9 Å². The summed E-state index contributed by atoms with van der Waals surface area (Å²) >= 11 is 0. The number of nitrogens with one attached hydrogen (secondary N) is 1. The third-order valence-corrected chi connectivity index (χ3v) is 4.67. The van der Waals surface area contributed by atoms with Gasteiger partial charge in [0.15, 0.2) is 0 Å². The summed E-state index contributed by atoms with van der Waals surface area (Å²) in [4.78, 5) is 0. The van der Waals surface area contributed by atoms with Gasteiger partial charge in [-0.1, -0.05) is 25.3 Å². The van der Waals surface area contributed by atoms with Crippen LogP contribution < -0.4 is 5.32 Å².